The standard InChI is InChI=1S/C26H30F4N6O3/c1-14(16-10-18(38-5)12-19(11-16)39-25(27)28)23(37)36-9-8-17(13-36)32-21-7-6-20(15(2)31-21)22-33-24(26(3,29)30)35(4)34-22/h6-7,10-12,15,17,25,31-32H,1,8-9,13H2,2-5H3. The molecular formula is C26H30F4N6O3. The maximum Gasteiger partial charge on any atom is 0.387 e. The summed E-state index contributed by atoms with van der Waals surface area (Å²) in [5, 5.41) is 10.8. The third-order valence-corrected chi connectivity index (χ3v) is 6.46. The van der Waals surface area contributed by atoms with Crippen molar-refractivity contribution in [3.8, 4) is 11.5 Å². The number of hydrogen-bond donors (Lipinski definition) is 2. The highest BCUT2D eigenvalue weighted by Crippen LogP contribution is 2.30. The minimum Gasteiger partial charge on any atom is -0.497 e. The van der Waals surface area contributed by atoms with Crippen molar-refractivity contribution < 1.29 is 31.8 Å². The molecule has 0 bridgehead atoms. The van der Waals surface area contributed by atoms with Crippen LogP contribution in [0.4, 0.5) is 17.6 Å². The van der Waals surface area contributed by atoms with E-state index in [1.54, 1.807) is 17.1 Å². The van der Waals surface area contributed by atoms with E-state index in [0.717, 1.165) is 11.6 Å². The van der Waals surface area contributed by atoms with Crippen molar-refractivity contribution in [3.63, 3.8) is 0 Å². The van der Waals surface area contributed by atoms with Crippen molar-refractivity contribution in [1.82, 2.24) is 30.3 Å². The van der Waals surface area contributed by atoms with Crippen LogP contribution in [0.15, 0.2) is 42.8 Å². The number of allylic oxidation sites excluding steroid dienone is 2. The summed E-state index contributed by atoms with van der Waals surface area (Å²) in [5.74, 6) is -2.80. The summed E-state index contributed by atoms with van der Waals surface area (Å²) in [6, 6.07) is 3.84. The Morgan fingerprint density at radius 2 is 1.97 bits per heavy atom. The zero-order valence-corrected chi connectivity index (χ0v) is 22.0. The summed E-state index contributed by atoms with van der Waals surface area (Å²) in [7, 11) is 2.81. The van der Waals surface area contributed by atoms with Crippen LogP contribution in [0.1, 0.15) is 37.5 Å². The Morgan fingerprint density at radius 3 is 2.59 bits per heavy atom. The van der Waals surface area contributed by atoms with Gasteiger partial charge >= 0.3 is 12.5 Å². The molecule has 0 radical (unpaired) electrons. The van der Waals surface area contributed by atoms with Crippen LogP contribution in [0.3, 0.4) is 0 Å². The van der Waals surface area contributed by atoms with Crippen LogP contribution in [-0.4, -0.2) is 64.5 Å². The third-order valence-electron chi connectivity index (χ3n) is 6.46. The van der Waals surface area contributed by atoms with Gasteiger partial charge in [-0.15, -0.1) is 0 Å². The summed E-state index contributed by atoms with van der Waals surface area (Å²) < 4.78 is 63.6. The first-order chi connectivity index (χ1) is 18.3. The van der Waals surface area contributed by atoms with Crippen LogP contribution in [-0.2, 0) is 17.8 Å². The number of aromatic nitrogens is 3. The van der Waals surface area contributed by atoms with Gasteiger partial charge in [0, 0.05) is 50.3 Å². The second kappa shape index (κ2) is 11.0. The van der Waals surface area contributed by atoms with Crippen LogP contribution in [0.5, 0.6) is 11.5 Å². The molecule has 3 heterocycles. The molecule has 1 aromatic heterocycles. The number of carbonyl (C=O) groups is 1. The van der Waals surface area contributed by atoms with Gasteiger partial charge in [0.2, 0.25) is 0 Å². The number of likely N-dealkylation sites (tertiary alicyclic amines) is 1. The molecule has 1 aromatic carbocycles. The van der Waals surface area contributed by atoms with E-state index < -0.39 is 18.4 Å². The molecule has 2 aliphatic rings. The summed E-state index contributed by atoms with van der Waals surface area (Å²) >= 11 is 0. The Labute approximate surface area is 223 Å². The van der Waals surface area contributed by atoms with E-state index in [0.29, 0.717) is 36.5 Å². The molecule has 0 aliphatic carbocycles. The highest BCUT2D eigenvalue weighted by Gasteiger charge is 2.33. The van der Waals surface area contributed by atoms with Crippen LogP contribution in [0.2, 0.25) is 0 Å². The molecule has 9 nitrogen and oxygen atoms in total. The number of ether oxygens (including phenoxy) is 2. The van der Waals surface area contributed by atoms with Gasteiger partial charge in [-0.25, -0.2) is 9.67 Å². The van der Waals surface area contributed by atoms with Gasteiger partial charge in [0.05, 0.1) is 19.0 Å². The minimum absolute atomic E-state index is 0.0657. The lowest BCUT2D eigenvalue weighted by Gasteiger charge is -2.26. The van der Waals surface area contributed by atoms with E-state index in [2.05, 4.69) is 32.0 Å². The van der Waals surface area contributed by atoms with Crippen molar-refractivity contribution in [2.24, 2.45) is 7.05 Å². The Balaban J connectivity index is 1.40. The van der Waals surface area contributed by atoms with E-state index >= 15 is 0 Å². The van der Waals surface area contributed by atoms with Crippen LogP contribution < -0.4 is 20.1 Å². The van der Waals surface area contributed by atoms with Gasteiger partial charge in [-0.05, 0) is 43.2 Å². The van der Waals surface area contributed by atoms with Crippen molar-refractivity contribution in [3.05, 3.63) is 60.0 Å². The van der Waals surface area contributed by atoms with Gasteiger partial charge in [-0.1, -0.05) is 6.58 Å². The molecule has 2 N–H and O–H groups in total. The Kier molecular flexibility index (Phi) is 7.89. The molecule has 2 aromatic rings. The Morgan fingerprint density at radius 1 is 1.26 bits per heavy atom. The first-order valence-electron chi connectivity index (χ1n) is 12.2. The monoisotopic (exact) mass is 550 g/mol. The summed E-state index contributed by atoms with van der Waals surface area (Å²) in [4.78, 5) is 18.8. The largest absolute Gasteiger partial charge is 0.497 e. The zero-order valence-electron chi connectivity index (χ0n) is 22.0. The molecule has 39 heavy (non-hydrogen) atoms. The fourth-order valence-corrected chi connectivity index (χ4v) is 4.56. The van der Waals surface area contributed by atoms with Crippen molar-refractivity contribution in [1.29, 1.82) is 0 Å². The SMILES string of the molecule is C=C(C(=O)N1CCC(NC2=CC=C(c3nc(C(C)(F)F)n(C)n3)C(C)N2)C1)c1cc(OC)cc(OC(F)F)c1. The smallest absolute Gasteiger partial charge is 0.387 e. The molecule has 4 rings (SSSR count). The van der Waals surface area contributed by atoms with Gasteiger partial charge in [0.25, 0.3) is 5.91 Å². The quantitative estimate of drug-likeness (QED) is 0.364. The van der Waals surface area contributed by atoms with Gasteiger partial charge in [0.15, 0.2) is 11.6 Å². The average molecular weight is 551 g/mol. The third kappa shape index (κ3) is 6.35. The summed E-state index contributed by atoms with van der Waals surface area (Å²) in [6.45, 7) is 4.36. The normalized spacial score (nSPS) is 19.4. The molecule has 1 saturated heterocycles. The lowest BCUT2D eigenvalue weighted by molar-refractivity contribution is -0.124. The van der Waals surface area contributed by atoms with Gasteiger partial charge < -0.3 is 25.0 Å². The van der Waals surface area contributed by atoms with E-state index in [4.69, 9.17) is 4.74 Å². The second-order valence-electron chi connectivity index (χ2n) is 9.47. The molecular weight excluding hydrogens is 520 g/mol. The van der Waals surface area contributed by atoms with E-state index in [-0.39, 0.29) is 40.9 Å². The van der Waals surface area contributed by atoms with Crippen LogP contribution in [0, 0.1) is 0 Å². The van der Waals surface area contributed by atoms with E-state index in [1.807, 2.05) is 6.92 Å². The van der Waals surface area contributed by atoms with Crippen LogP contribution >= 0.6 is 0 Å². The summed E-state index contributed by atoms with van der Waals surface area (Å²) in [6.07, 6.45) is 4.22. The minimum atomic E-state index is -3.11. The first kappa shape index (κ1) is 28.0. The van der Waals surface area contributed by atoms with Crippen molar-refractivity contribution >= 4 is 17.1 Å². The molecule has 2 atom stereocenters. The number of hydrogen-bond acceptors (Lipinski definition) is 7. The Bertz CT molecular complexity index is 1320. The number of dihydropyridines is 1. The predicted octanol–water partition coefficient (Wildman–Crippen LogP) is 3.66. The molecule has 1 fully saturated rings. The predicted molar refractivity (Wildman–Crippen MR) is 136 cm³/mol. The number of halogens is 4. The lowest BCUT2D eigenvalue weighted by Crippen LogP contribution is -2.42. The van der Waals surface area contributed by atoms with Gasteiger partial charge in [0.1, 0.15) is 11.5 Å². The van der Waals surface area contributed by atoms with Gasteiger partial charge in [-0.2, -0.15) is 22.7 Å². The first-order valence-corrected chi connectivity index (χ1v) is 12.2. The molecule has 0 saturated carbocycles. The Hall–Kier alpha value is -4.03. The van der Waals surface area contributed by atoms with Gasteiger partial charge in [-0.3, -0.25) is 4.79 Å². The highest BCUT2D eigenvalue weighted by molar-refractivity contribution is 6.18. The number of alkyl halides is 4. The number of nitrogens with one attached hydrogen (secondary N) is 2. The molecule has 0 spiro atoms. The fraction of sp³-hybridized carbons (Fsp3) is 0.423. The van der Waals surface area contributed by atoms with Crippen molar-refractivity contribution in [2.75, 3.05) is 20.2 Å². The maximum atomic E-state index is 13.8. The summed E-state index contributed by atoms with van der Waals surface area (Å²) in [5.41, 5.74) is 1.12. The number of nitrogens with zero attached hydrogens (tertiary/aromatic N) is 4. The molecule has 2 aliphatic heterocycles. The lowest BCUT2D eigenvalue weighted by atomic mass is 10.0. The van der Waals surface area contributed by atoms with E-state index in [9.17, 15) is 22.4 Å². The number of benzene rings is 1. The van der Waals surface area contributed by atoms with Crippen molar-refractivity contribution in [2.45, 2.75) is 44.9 Å². The number of carbonyl (C=O) groups excluding carboxylic acids is 1. The number of aryl methyl sites for hydroxylation is 1. The molecule has 2 unspecified atom stereocenters. The molecule has 1 amide bonds. The number of rotatable bonds is 9. The second-order valence-corrected chi connectivity index (χ2v) is 9.47. The zero-order chi connectivity index (χ0) is 28.5. The maximum absolute atomic E-state index is 13.8. The number of amides is 1. The topological polar surface area (TPSA) is 93.5 Å². The molecule has 13 heteroatoms. The highest BCUT2D eigenvalue weighted by atomic mass is 19.3. The van der Waals surface area contributed by atoms with E-state index in [1.165, 1.54) is 32.4 Å². The average Bonchev–Trinajstić information content (AvgIpc) is 3.49. The fourth-order valence-electron chi connectivity index (χ4n) is 4.56. The van der Waals surface area contributed by atoms with Crippen LogP contribution in [0.25, 0.3) is 11.1 Å². The molecule has 210 valence electrons. The number of methoxy groups -OCH3 is 1.